The molecule has 2 amide bonds. The quantitative estimate of drug-likeness (QED) is 0.586. The van der Waals surface area contributed by atoms with Gasteiger partial charge in [0.2, 0.25) is 0 Å². The van der Waals surface area contributed by atoms with E-state index in [4.69, 9.17) is 9.15 Å². The minimum atomic E-state index is -0.670. The number of carbonyl (C=O) groups excluding carboxylic acids is 2. The van der Waals surface area contributed by atoms with Gasteiger partial charge in [-0.15, -0.1) is 0 Å². The number of nitro groups is 1. The number of cyclic esters (lactones) is 1. The minimum absolute atomic E-state index is 0.0341. The topological polar surface area (TPSA) is 106 Å². The predicted octanol–water partition coefficient (Wildman–Crippen LogP) is 2.66. The highest BCUT2D eigenvalue weighted by Gasteiger charge is 2.41. The number of ether oxygens (including phenoxy) is 1. The summed E-state index contributed by atoms with van der Waals surface area (Å²) < 4.78 is 10.2. The molecule has 1 aromatic heterocycles. The van der Waals surface area contributed by atoms with Gasteiger partial charge >= 0.3 is 12.0 Å². The highest BCUT2D eigenvalue weighted by Crippen LogP contribution is 2.29. The third-order valence-electron chi connectivity index (χ3n) is 5.37. The zero-order valence-corrected chi connectivity index (χ0v) is 14.9. The fourth-order valence-corrected chi connectivity index (χ4v) is 3.62. The van der Waals surface area contributed by atoms with Gasteiger partial charge in [0, 0.05) is 19.1 Å². The van der Waals surface area contributed by atoms with Crippen molar-refractivity contribution in [3.8, 4) is 0 Å². The standard InChI is InChI=1S/C17H23N3O6/c1-3-11(2)13-10-25-17(22)19(13)12-6-8-18(9-7-12)16(21)14-4-5-15(26-14)20(23)24/h4-5,11-13H,3,6-10H2,1-2H3/t11-,13-/m0/s1. The molecule has 2 aliphatic heterocycles. The summed E-state index contributed by atoms with van der Waals surface area (Å²) in [5.74, 6) is -0.489. The molecule has 26 heavy (non-hydrogen) atoms. The van der Waals surface area contributed by atoms with Crippen LogP contribution < -0.4 is 0 Å². The Labute approximate surface area is 151 Å². The maximum atomic E-state index is 12.5. The van der Waals surface area contributed by atoms with Crippen LogP contribution in [-0.4, -0.2) is 58.5 Å². The van der Waals surface area contributed by atoms with Crippen molar-refractivity contribution in [1.82, 2.24) is 9.80 Å². The van der Waals surface area contributed by atoms with Gasteiger partial charge in [0.1, 0.15) is 11.5 Å². The summed E-state index contributed by atoms with van der Waals surface area (Å²) in [6.07, 6.45) is 1.99. The van der Waals surface area contributed by atoms with E-state index in [2.05, 4.69) is 13.8 Å². The monoisotopic (exact) mass is 365 g/mol. The summed E-state index contributed by atoms with van der Waals surface area (Å²) in [6, 6.07) is 2.62. The number of nitrogens with zero attached hydrogens (tertiary/aromatic N) is 3. The van der Waals surface area contributed by atoms with Gasteiger partial charge in [0.05, 0.1) is 12.1 Å². The van der Waals surface area contributed by atoms with Crippen LogP contribution in [0.1, 0.15) is 43.7 Å². The summed E-state index contributed by atoms with van der Waals surface area (Å²) in [6.45, 7) is 5.56. The first-order chi connectivity index (χ1) is 12.4. The number of amides is 2. The number of hydrogen-bond acceptors (Lipinski definition) is 6. The average molecular weight is 365 g/mol. The summed E-state index contributed by atoms with van der Waals surface area (Å²) >= 11 is 0. The number of carbonyl (C=O) groups is 2. The van der Waals surface area contributed by atoms with Crippen LogP contribution in [0.3, 0.4) is 0 Å². The second-order valence-corrected chi connectivity index (χ2v) is 6.86. The first-order valence-electron chi connectivity index (χ1n) is 8.91. The zero-order valence-electron chi connectivity index (χ0n) is 14.9. The summed E-state index contributed by atoms with van der Waals surface area (Å²) in [4.78, 5) is 38.1. The molecule has 0 saturated carbocycles. The van der Waals surface area contributed by atoms with Gasteiger partial charge in [-0.3, -0.25) is 19.8 Å². The van der Waals surface area contributed by atoms with Crippen molar-refractivity contribution in [3.05, 3.63) is 28.0 Å². The molecule has 0 aromatic carbocycles. The van der Waals surface area contributed by atoms with Gasteiger partial charge in [-0.2, -0.15) is 0 Å². The molecule has 0 radical (unpaired) electrons. The molecule has 3 heterocycles. The summed E-state index contributed by atoms with van der Waals surface area (Å²) in [5, 5.41) is 10.7. The van der Waals surface area contributed by atoms with Gasteiger partial charge in [0.15, 0.2) is 5.76 Å². The lowest BCUT2D eigenvalue weighted by Crippen LogP contribution is -2.51. The first-order valence-corrected chi connectivity index (χ1v) is 8.91. The van der Waals surface area contributed by atoms with E-state index in [1.807, 2.05) is 4.90 Å². The molecule has 2 fully saturated rings. The van der Waals surface area contributed by atoms with Crippen LogP contribution in [0.25, 0.3) is 0 Å². The van der Waals surface area contributed by atoms with E-state index in [1.165, 1.54) is 12.1 Å². The molecule has 2 saturated heterocycles. The van der Waals surface area contributed by atoms with Gasteiger partial charge in [-0.1, -0.05) is 20.3 Å². The molecule has 0 bridgehead atoms. The van der Waals surface area contributed by atoms with Gasteiger partial charge in [0.25, 0.3) is 5.91 Å². The summed E-state index contributed by atoms with van der Waals surface area (Å²) in [5.41, 5.74) is 0. The molecule has 9 nitrogen and oxygen atoms in total. The van der Waals surface area contributed by atoms with Crippen LogP contribution in [0, 0.1) is 16.0 Å². The fourth-order valence-electron chi connectivity index (χ4n) is 3.62. The van der Waals surface area contributed by atoms with Crippen molar-refractivity contribution in [2.75, 3.05) is 19.7 Å². The van der Waals surface area contributed by atoms with Crippen molar-refractivity contribution in [2.45, 2.75) is 45.2 Å². The van der Waals surface area contributed by atoms with E-state index in [1.54, 1.807) is 4.90 Å². The largest absolute Gasteiger partial charge is 0.447 e. The summed E-state index contributed by atoms with van der Waals surface area (Å²) in [7, 11) is 0. The van der Waals surface area contributed by atoms with E-state index in [-0.39, 0.29) is 29.8 Å². The molecule has 0 aliphatic carbocycles. The molecule has 0 unspecified atom stereocenters. The third-order valence-corrected chi connectivity index (χ3v) is 5.37. The van der Waals surface area contributed by atoms with E-state index < -0.39 is 10.8 Å². The van der Waals surface area contributed by atoms with Gasteiger partial charge < -0.3 is 14.1 Å². The van der Waals surface area contributed by atoms with Crippen molar-refractivity contribution in [1.29, 1.82) is 0 Å². The number of likely N-dealkylation sites (tertiary alicyclic amines) is 1. The third kappa shape index (κ3) is 3.38. The maximum absolute atomic E-state index is 12.5. The highest BCUT2D eigenvalue weighted by molar-refractivity contribution is 5.91. The SMILES string of the molecule is CC[C@H](C)[C@@H]1COC(=O)N1C1CCN(C(=O)c2ccc([N+](=O)[O-])o2)CC1. The Morgan fingerprint density at radius 3 is 2.65 bits per heavy atom. The number of hydrogen-bond donors (Lipinski definition) is 0. The van der Waals surface area contributed by atoms with Crippen molar-refractivity contribution in [2.24, 2.45) is 5.92 Å². The number of rotatable bonds is 5. The predicted molar refractivity (Wildman–Crippen MR) is 90.7 cm³/mol. The highest BCUT2D eigenvalue weighted by atomic mass is 16.6. The van der Waals surface area contributed by atoms with Crippen LogP contribution in [-0.2, 0) is 4.74 Å². The van der Waals surface area contributed by atoms with Crippen LogP contribution >= 0.6 is 0 Å². The average Bonchev–Trinajstić information content (AvgIpc) is 3.28. The molecule has 0 spiro atoms. The molecule has 0 N–H and O–H groups in total. The Bertz CT molecular complexity index is 694. The van der Waals surface area contributed by atoms with E-state index >= 15 is 0 Å². The van der Waals surface area contributed by atoms with Crippen LogP contribution in [0.5, 0.6) is 0 Å². The lowest BCUT2D eigenvalue weighted by atomic mass is 9.95. The van der Waals surface area contributed by atoms with Crippen molar-refractivity contribution < 1.29 is 23.7 Å². The normalized spacial score (nSPS) is 22.4. The minimum Gasteiger partial charge on any atom is -0.447 e. The molecular weight excluding hydrogens is 342 g/mol. The van der Waals surface area contributed by atoms with Gasteiger partial charge in [-0.05, 0) is 24.8 Å². The Morgan fingerprint density at radius 2 is 2.08 bits per heavy atom. The first kappa shape index (κ1) is 18.2. The Morgan fingerprint density at radius 1 is 1.38 bits per heavy atom. The maximum Gasteiger partial charge on any atom is 0.433 e. The van der Waals surface area contributed by atoms with Crippen molar-refractivity contribution in [3.63, 3.8) is 0 Å². The number of furan rings is 1. The van der Waals surface area contributed by atoms with E-state index in [9.17, 15) is 19.7 Å². The lowest BCUT2D eigenvalue weighted by molar-refractivity contribution is -0.402. The fraction of sp³-hybridized carbons (Fsp3) is 0.647. The Kier molecular flexibility index (Phi) is 5.15. The van der Waals surface area contributed by atoms with Crippen LogP contribution in [0.15, 0.2) is 16.5 Å². The van der Waals surface area contributed by atoms with Crippen molar-refractivity contribution >= 4 is 17.9 Å². The second-order valence-electron chi connectivity index (χ2n) is 6.86. The van der Waals surface area contributed by atoms with Crippen LogP contribution in [0.2, 0.25) is 0 Å². The lowest BCUT2D eigenvalue weighted by Gasteiger charge is -2.38. The Balaban J connectivity index is 1.62. The molecule has 9 heteroatoms. The van der Waals surface area contributed by atoms with E-state index in [0.717, 1.165) is 6.42 Å². The molecule has 2 atom stereocenters. The molecule has 142 valence electrons. The Hall–Kier alpha value is -2.58. The van der Waals surface area contributed by atoms with Crippen LogP contribution in [0.4, 0.5) is 10.7 Å². The number of piperidine rings is 1. The smallest absolute Gasteiger partial charge is 0.433 e. The second kappa shape index (κ2) is 7.35. The molecule has 2 aliphatic rings. The van der Waals surface area contributed by atoms with Gasteiger partial charge in [-0.25, -0.2) is 4.79 Å². The molecule has 3 rings (SSSR count). The zero-order chi connectivity index (χ0) is 18.8. The molecular formula is C17H23N3O6. The molecule has 1 aromatic rings. The van der Waals surface area contributed by atoms with E-state index in [0.29, 0.717) is 38.5 Å².